The molecule has 0 saturated carbocycles. The second-order valence-electron chi connectivity index (χ2n) is 14.7. The summed E-state index contributed by atoms with van der Waals surface area (Å²) in [6.45, 7) is 15.8. The van der Waals surface area contributed by atoms with Crippen molar-refractivity contribution in [2.75, 3.05) is 0 Å². The summed E-state index contributed by atoms with van der Waals surface area (Å²) in [6, 6.07) is 0. The average Bonchev–Trinajstić information content (AvgIpc) is 3.23. The van der Waals surface area contributed by atoms with E-state index in [1.54, 1.807) is 13.8 Å². The lowest BCUT2D eigenvalue weighted by atomic mass is 9.75. The zero-order valence-electron chi connectivity index (χ0n) is 24.9. The SMILES string of the molecule is CC(C)(O)[C@H]1CC[C@@](C)([C@H](O)CC[C@](C)(O)[C@H]2CC[C@H]3O[C@@H]([C@]4(C)CC[C@@H](Br)C(C)(C)O4)CC[C@]3(C)O2)O1. The fraction of sp³-hybridized carbons (Fsp3) is 1.00. The summed E-state index contributed by atoms with van der Waals surface area (Å²) in [5.74, 6) is 0. The van der Waals surface area contributed by atoms with Gasteiger partial charge in [0.25, 0.3) is 0 Å². The highest BCUT2D eigenvalue weighted by Gasteiger charge is 2.55. The van der Waals surface area contributed by atoms with Gasteiger partial charge in [-0.1, -0.05) is 15.9 Å². The number of hydrogen-bond acceptors (Lipinski definition) is 7. The molecule has 0 aliphatic carbocycles. The average molecular weight is 606 g/mol. The number of aliphatic hydroxyl groups excluding tert-OH is 1. The number of alkyl halides is 1. The number of rotatable bonds is 7. The standard InChI is InChI=1S/C30H53BrO7/c1-25(2,33)21-13-17-28(6,36-21)20(32)12-15-27(5,34)22-9-10-23-29(7,37-22)18-14-24(35-23)30(8)16-11-19(31)26(3,4)38-30/h19-24,32-34H,9-18H2,1-8H3/t19-,20-,21-,22-,23-,24-,27+,28+,29+,30+/m1/s1. The Kier molecular flexibility index (Phi) is 8.59. The predicted octanol–water partition coefficient (Wildman–Crippen LogP) is 5.18. The molecule has 8 heteroatoms. The van der Waals surface area contributed by atoms with E-state index in [0.717, 1.165) is 32.1 Å². The minimum absolute atomic E-state index is 0.0236. The molecule has 4 aliphatic rings. The van der Waals surface area contributed by atoms with Gasteiger partial charge in [-0.2, -0.15) is 0 Å². The zero-order chi connectivity index (χ0) is 28.4. The molecule has 7 nitrogen and oxygen atoms in total. The van der Waals surface area contributed by atoms with Gasteiger partial charge in [0.1, 0.15) is 0 Å². The first-order valence-corrected chi connectivity index (χ1v) is 15.7. The lowest BCUT2D eigenvalue weighted by molar-refractivity contribution is -0.301. The lowest BCUT2D eigenvalue weighted by Crippen LogP contribution is -2.63. The molecule has 4 heterocycles. The van der Waals surface area contributed by atoms with Crippen LogP contribution in [0, 0.1) is 0 Å². The van der Waals surface area contributed by atoms with Crippen LogP contribution in [-0.4, -0.2) is 84.3 Å². The van der Waals surface area contributed by atoms with Crippen molar-refractivity contribution in [2.45, 2.75) is 189 Å². The quantitative estimate of drug-likeness (QED) is 0.344. The summed E-state index contributed by atoms with van der Waals surface area (Å²) in [7, 11) is 0. The highest BCUT2D eigenvalue weighted by molar-refractivity contribution is 9.09. The largest absolute Gasteiger partial charge is 0.390 e. The first-order valence-electron chi connectivity index (χ1n) is 14.8. The van der Waals surface area contributed by atoms with Crippen LogP contribution in [0.4, 0.5) is 0 Å². The van der Waals surface area contributed by atoms with E-state index in [1.165, 1.54) is 0 Å². The van der Waals surface area contributed by atoms with Crippen LogP contribution in [0.15, 0.2) is 0 Å². The van der Waals surface area contributed by atoms with Crippen LogP contribution >= 0.6 is 15.9 Å². The molecule has 0 bridgehead atoms. The Morgan fingerprint density at radius 2 is 1.45 bits per heavy atom. The van der Waals surface area contributed by atoms with Crippen LogP contribution in [0.25, 0.3) is 0 Å². The van der Waals surface area contributed by atoms with Gasteiger partial charge in [0, 0.05) is 4.83 Å². The third-order valence-electron chi connectivity index (χ3n) is 10.3. The highest BCUT2D eigenvalue weighted by atomic mass is 79.9. The molecule has 0 radical (unpaired) electrons. The van der Waals surface area contributed by atoms with E-state index >= 15 is 0 Å². The maximum atomic E-state index is 11.5. The summed E-state index contributed by atoms with van der Waals surface area (Å²) in [6.07, 6.45) is 6.09. The topological polar surface area (TPSA) is 97.6 Å². The Balaban J connectivity index is 1.33. The Bertz CT molecular complexity index is 843. The second kappa shape index (κ2) is 10.5. The van der Waals surface area contributed by atoms with E-state index < -0.39 is 28.5 Å². The van der Waals surface area contributed by atoms with Crippen molar-refractivity contribution in [2.24, 2.45) is 0 Å². The van der Waals surface area contributed by atoms with Crippen molar-refractivity contribution in [3.8, 4) is 0 Å². The molecule has 3 N–H and O–H groups in total. The van der Waals surface area contributed by atoms with E-state index in [0.29, 0.717) is 36.9 Å². The second-order valence-corrected chi connectivity index (χ2v) is 15.8. The molecule has 0 aromatic rings. The van der Waals surface area contributed by atoms with Gasteiger partial charge in [-0.15, -0.1) is 0 Å². The monoisotopic (exact) mass is 604 g/mol. The summed E-state index contributed by atoms with van der Waals surface area (Å²) in [5, 5.41) is 32.9. The maximum Gasteiger partial charge on any atom is 0.0923 e. The van der Waals surface area contributed by atoms with Crippen LogP contribution < -0.4 is 0 Å². The molecule has 4 rings (SSSR count). The molecule has 4 fully saturated rings. The number of hydrogen-bond donors (Lipinski definition) is 3. The molecular formula is C30H53BrO7. The van der Waals surface area contributed by atoms with Gasteiger partial charge in [0.15, 0.2) is 0 Å². The molecule has 0 aromatic heterocycles. The molecule has 4 saturated heterocycles. The van der Waals surface area contributed by atoms with Crippen molar-refractivity contribution >= 4 is 15.9 Å². The molecule has 0 unspecified atom stereocenters. The van der Waals surface area contributed by atoms with Crippen LogP contribution in [-0.2, 0) is 18.9 Å². The van der Waals surface area contributed by atoms with Gasteiger partial charge in [0.2, 0.25) is 0 Å². The number of aliphatic hydroxyl groups is 3. The van der Waals surface area contributed by atoms with Crippen molar-refractivity contribution in [3.63, 3.8) is 0 Å². The molecule has 0 amide bonds. The third-order valence-corrected chi connectivity index (χ3v) is 11.8. The molecular weight excluding hydrogens is 552 g/mol. The molecule has 10 atom stereocenters. The van der Waals surface area contributed by atoms with Crippen molar-refractivity contribution in [1.29, 1.82) is 0 Å². The van der Waals surface area contributed by atoms with Gasteiger partial charge in [-0.05, 0) is 120 Å². The van der Waals surface area contributed by atoms with Crippen LogP contribution in [0.3, 0.4) is 0 Å². The Morgan fingerprint density at radius 1 is 0.816 bits per heavy atom. The first-order chi connectivity index (χ1) is 17.3. The zero-order valence-corrected chi connectivity index (χ0v) is 26.5. The summed E-state index contributed by atoms with van der Waals surface area (Å²) in [5.41, 5.74) is -3.78. The number of fused-ring (bicyclic) bond motifs is 1. The van der Waals surface area contributed by atoms with Gasteiger partial charge in [0.05, 0.1) is 64.1 Å². The minimum atomic E-state index is -1.08. The molecule has 222 valence electrons. The first kappa shape index (κ1) is 31.1. The maximum absolute atomic E-state index is 11.5. The van der Waals surface area contributed by atoms with Crippen LogP contribution in [0.1, 0.15) is 120 Å². The van der Waals surface area contributed by atoms with E-state index in [9.17, 15) is 15.3 Å². The van der Waals surface area contributed by atoms with Gasteiger partial charge < -0.3 is 34.3 Å². The third kappa shape index (κ3) is 6.18. The molecule has 0 spiro atoms. The van der Waals surface area contributed by atoms with Crippen molar-refractivity contribution < 1.29 is 34.3 Å². The van der Waals surface area contributed by atoms with Gasteiger partial charge in [-0.25, -0.2) is 0 Å². The van der Waals surface area contributed by atoms with E-state index in [4.69, 9.17) is 18.9 Å². The Morgan fingerprint density at radius 3 is 2.05 bits per heavy atom. The Hall–Kier alpha value is 0.200. The normalized spacial score (nSPS) is 46.3. The number of ether oxygens (including phenoxy) is 4. The van der Waals surface area contributed by atoms with Crippen LogP contribution in [0.5, 0.6) is 0 Å². The summed E-state index contributed by atoms with van der Waals surface area (Å²) in [4.78, 5) is 0.335. The van der Waals surface area contributed by atoms with Crippen molar-refractivity contribution in [1.82, 2.24) is 0 Å². The molecule has 0 aromatic carbocycles. The van der Waals surface area contributed by atoms with Crippen LogP contribution in [0.2, 0.25) is 0 Å². The summed E-state index contributed by atoms with van der Waals surface area (Å²) < 4.78 is 26.1. The predicted molar refractivity (Wildman–Crippen MR) is 151 cm³/mol. The molecule has 4 aliphatic heterocycles. The van der Waals surface area contributed by atoms with E-state index in [-0.39, 0.29) is 35.6 Å². The van der Waals surface area contributed by atoms with Gasteiger partial charge >= 0.3 is 0 Å². The summed E-state index contributed by atoms with van der Waals surface area (Å²) >= 11 is 3.79. The fourth-order valence-electron chi connectivity index (χ4n) is 7.27. The fourth-order valence-corrected chi connectivity index (χ4v) is 7.60. The van der Waals surface area contributed by atoms with E-state index in [2.05, 4.69) is 43.6 Å². The minimum Gasteiger partial charge on any atom is -0.390 e. The van der Waals surface area contributed by atoms with Gasteiger partial charge in [-0.3, -0.25) is 0 Å². The lowest BCUT2D eigenvalue weighted by Gasteiger charge is -2.56. The highest BCUT2D eigenvalue weighted by Crippen LogP contribution is 2.49. The number of halogens is 1. The Labute approximate surface area is 238 Å². The van der Waals surface area contributed by atoms with Crippen molar-refractivity contribution in [3.05, 3.63) is 0 Å². The smallest absolute Gasteiger partial charge is 0.0923 e. The van der Waals surface area contributed by atoms with E-state index in [1.807, 2.05) is 13.8 Å². The molecule has 38 heavy (non-hydrogen) atoms.